The van der Waals surface area contributed by atoms with Crippen molar-refractivity contribution < 1.29 is 29.0 Å². The molecule has 5 N–H and O–H groups in total. The van der Waals surface area contributed by atoms with Gasteiger partial charge in [0.25, 0.3) is 11.8 Å². The number of benzene rings is 2. The van der Waals surface area contributed by atoms with Gasteiger partial charge in [0.1, 0.15) is 22.7 Å². The molecule has 0 aliphatic carbocycles. The molecular formula is C41H50N12O6. The molecule has 4 heterocycles. The first kappa shape index (κ1) is 41.8. The van der Waals surface area contributed by atoms with Crippen LogP contribution in [0.15, 0.2) is 64.6 Å². The molecule has 0 radical (unpaired) electrons. The van der Waals surface area contributed by atoms with Crippen molar-refractivity contribution in [3.8, 4) is 5.75 Å². The van der Waals surface area contributed by atoms with Crippen LogP contribution in [0.4, 0.5) is 0 Å². The van der Waals surface area contributed by atoms with Gasteiger partial charge in [0, 0.05) is 63.4 Å². The van der Waals surface area contributed by atoms with Crippen LogP contribution in [-0.2, 0) is 39.3 Å². The third-order valence-electron chi connectivity index (χ3n) is 9.89. The van der Waals surface area contributed by atoms with Gasteiger partial charge in [0.05, 0.1) is 34.5 Å². The number of rotatable bonds is 16. The second-order valence-corrected chi connectivity index (χ2v) is 13.8. The molecule has 310 valence electrons. The number of fused-ring (bicyclic) bond motifs is 2. The number of hydrogen-bond acceptors (Lipinski definition) is 8. The molecule has 6 aromatic rings. The number of aliphatic hydroxyl groups is 1. The number of carbonyl (C=O) groups excluding carboxylic acids is 4. The van der Waals surface area contributed by atoms with Crippen molar-refractivity contribution in [3.63, 3.8) is 0 Å². The summed E-state index contributed by atoms with van der Waals surface area (Å²) < 4.78 is 16.7. The Hall–Kier alpha value is -6.82. The zero-order valence-corrected chi connectivity index (χ0v) is 34.2. The summed E-state index contributed by atoms with van der Waals surface area (Å²) in [6.45, 7) is 13.5. The van der Waals surface area contributed by atoms with Crippen LogP contribution in [0.25, 0.3) is 22.1 Å². The van der Waals surface area contributed by atoms with Crippen LogP contribution in [0.5, 0.6) is 5.75 Å². The number of aliphatic hydroxyl groups excluding tert-OH is 1. The Morgan fingerprint density at radius 1 is 0.678 bits per heavy atom. The smallest absolute Gasteiger partial charge is 0.298 e. The molecule has 4 amide bonds. The van der Waals surface area contributed by atoms with E-state index in [-0.39, 0.29) is 31.9 Å². The summed E-state index contributed by atoms with van der Waals surface area (Å²) in [6, 6.07) is 11.7. The average molecular weight is 807 g/mol. The van der Waals surface area contributed by atoms with Crippen molar-refractivity contribution in [2.24, 2.45) is 21.5 Å². The first-order valence-corrected chi connectivity index (χ1v) is 19.6. The molecule has 4 aromatic heterocycles. The zero-order chi connectivity index (χ0) is 42.5. The van der Waals surface area contributed by atoms with Crippen LogP contribution < -0.4 is 27.4 Å². The van der Waals surface area contributed by atoms with Crippen molar-refractivity contribution in [2.75, 3.05) is 13.2 Å². The van der Waals surface area contributed by atoms with Crippen molar-refractivity contribution in [2.45, 2.75) is 87.2 Å². The molecule has 0 saturated carbocycles. The molecular weight excluding hydrogens is 757 g/mol. The van der Waals surface area contributed by atoms with Crippen molar-refractivity contribution in [1.82, 2.24) is 37.8 Å². The third kappa shape index (κ3) is 8.29. The number of ether oxygens (including phenoxy) is 1. The van der Waals surface area contributed by atoms with E-state index in [2.05, 4.69) is 20.2 Å². The lowest BCUT2D eigenvalue weighted by molar-refractivity contribution is 0.0977. The largest absolute Gasteiger partial charge is 0.491 e. The van der Waals surface area contributed by atoms with Gasteiger partial charge in [-0.15, -0.1) is 0 Å². The highest BCUT2D eigenvalue weighted by atomic mass is 16.5. The summed E-state index contributed by atoms with van der Waals surface area (Å²) in [6.07, 6.45) is 4.13. The number of imidazole rings is 2. The molecule has 0 unspecified atom stereocenters. The Kier molecular flexibility index (Phi) is 12.6. The van der Waals surface area contributed by atoms with Gasteiger partial charge < -0.3 is 39.6 Å². The number of aromatic nitrogens is 8. The van der Waals surface area contributed by atoms with E-state index in [0.29, 0.717) is 100.0 Å². The fourth-order valence-corrected chi connectivity index (χ4v) is 7.20. The predicted molar refractivity (Wildman–Crippen MR) is 220 cm³/mol. The van der Waals surface area contributed by atoms with Crippen LogP contribution >= 0.6 is 0 Å². The SMILES string of the molecule is CCn1nc(C)cc1C(=O)N=c1n(CC)c2cc(C(N)=O)ccc2n1C/C=C/Cn1c(=NC(=O)c2cc(C)nn2CC)n(CC)c2cc(C(N)=O)cc(OCCCO)c21. The Bertz CT molecular complexity index is 2770. The van der Waals surface area contributed by atoms with Crippen molar-refractivity contribution in [3.05, 3.63) is 99.8 Å². The molecule has 0 aliphatic rings. The highest BCUT2D eigenvalue weighted by Crippen LogP contribution is 2.28. The summed E-state index contributed by atoms with van der Waals surface area (Å²) in [5.41, 5.74) is 17.1. The van der Waals surface area contributed by atoms with E-state index < -0.39 is 23.6 Å². The van der Waals surface area contributed by atoms with Crippen LogP contribution in [0.3, 0.4) is 0 Å². The van der Waals surface area contributed by atoms with E-state index in [4.69, 9.17) is 16.2 Å². The molecule has 18 nitrogen and oxygen atoms in total. The van der Waals surface area contributed by atoms with E-state index >= 15 is 0 Å². The molecule has 0 fully saturated rings. The van der Waals surface area contributed by atoms with Crippen LogP contribution in [0, 0.1) is 13.8 Å². The second kappa shape index (κ2) is 17.8. The maximum absolute atomic E-state index is 13.9. The van der Waals surface area contributed by atoms with E-state index in [0.717, 1.165) is 0 Å². The molecule has 2 aromatic carbocycles. The minimum Gasteiger partial charge on any atom is -0.491 e. The van der Waals surface area contributed by atoms with Gasteiger partial charge in [-0.1, -0.05) is 12.2 Å². The topological polar surface area (TPSA) is 230 Å². The summed E-state index contributed by atoms with van der Waals surface area (Å²) in [5, 5.41) is 18.4. The fraction of sp³-hybridized carbons (Fsp3) is 0.366. The van der Waals surface area contributed by atoms with Gasteiger partial charge in [0.2, 0.25) is 23.1 Å². The van der Waals surface area contributed by atoms with Crippen molar-refractivity contribution in [1.29, 1.82) is 0 Å². The first-order chi connectivity index (χ1) is 28.3. The average Bonchev–Trinajstić information content (AvgIpc) is 3.95. The van der Waals surface area contributed by atoms with Gasteiger partial charge in [-0.3, -0.25) is 28.5 Å². The normalized spacial score (nSPS) is 12.5. The summed E-state index contributed by atoms with van der Waals surface area (Å²) in [5.74, 6) is -1.89. The van der Waals surface area contributed by atoms with Crippen LogP contribution in [0.2, 0.25) is 0 Å². The molecule has 0 aliphatic heterocycles. The van der Waals surface area contributed by atoms with Gasteiger partial charge in [-0.05, 0) is 84.0 Å². The molecule has 0 saturated heterocycles. The van der Waals surface area contributed by atoms with Gasteiger partial charge >= 0.3 is 0 Å². The number of nitrogens with two attached hydrogens (primary N) is 2. The number of amides is 4. The summed E-state index contributed by atoms with van der Waals surface area (Å²) in [7, 11) is 0. The molecule has 18 heteroatoms. The Morgan fingerprint density at radius 2 is 1.20 bits per heavy atom. The zero-order valence-electron chi connectivity index (χ0n) is 34.2. The lowest BCUT2D eigenvalue weighted by Crippen LogP contribution is -2.28. The highest BCUT2D eigenvalue weighted by molar-refractivity contribution is 5.99. The summed E-state index contributed by atoms with van der Waals surface area (Å²) in [4.78, 5) is 61.7. The van der Waals surface area contributed by atoms with Gasteiger partial charge in [-0.2, -0.15) is 20.2 Å². The third-order valence-corrected chi connectivity index (χ3v) is 9.89. The first-order valence-electron chi connectivity index (χ1n) is 19.6. The number of hydrogen-bond donors (Lipinski definition) is 3. The molecule has 59 heavy (non-hydrogen) atoms. The van der Waals surface area contributed by atoms with Crippen LogP contribution in [-0.4, -0.2) is 79.8 Å². The second-order valence-electron chi connectivity index (χ2n) is 13.8. The number of primary amides is 2. The lowest BCUT2D eigenvalue weighted by Gasteiger charge is -2.11. The number of aryl methyl sites for hydroxylation is 6. The lowest BCUT2D eigenvalue weighted by atomic mass is 10.1. The number of nitrogens with zero attached hydrogens (tertiary/aromatic N) is 10. The Balaban J connectivity index is 1.52. The molecule has 0 bridgehead atoms. The van der Waals surface area contributed by atoms with Gasteiger partial charge in [0.15, 0.2) is 0 Å². The minimum atomic E-state index is -0.661. The van der Waals surface area contributed by atoms with Crippen LogP contribution in [0.1, 0.15) is 87.2 Å². The molecule has 0 spiro atoms. The number of carbonyl (C=O) groups is 4. The fourth-order valence-electron chi connectivity index (χ4n) is 7.20. The monoisotopic (exact) mass is 806 g/mol. The standard InChI is InChI=1S/C41H50N12O6/c1-7-48-30-22-27(36(42)55)14-15-29(30)50(40(48)44-38(57)32-20-25(5)46-52(32)9-3)16-11-12-17-51-35-31(23-28(37(43)56)24-34(35)59-19-13-18-54)49(8-2)41(51)45-39(58)33-21-26(6)47-53(33)10-4/h11-12,14-15,20-24,54H,7-10,13,16-19H2,1-6H3,(H2,42,55)(H2,43,56)/b12-11+,44-40?,45-41?. The van der Waals surface area contributed by atoms with E-state index in [1.807, 2.05) is 65.0 Å². The molecule has 0 atom stereocenters. The quantitative estimate of drug-likeness (QED) is 0.0970. The van der Waals surface area contributed by atoms with E-state index in [9.17, 15) is 24.3 Å². The maximum Gasteiger partial charge on any atom is 0.298 e. The highest BCUT2D eigenvalue weighted by Gasteiger charge is 2.22. The predicted octanol–water partition coefficient (Wildman–Crippen LogP) is 2.99. The Labute approximate surface area is 339 Å². The van der Waals surface area contributed by atoms with Crippen molar-refractivity contribution >= 4 is 45.7 Å². The van der Waals surface area contributed by atoms with E-state index in [1.54, 1.807) is 58.8 Å². The number of allylic oxidation sites excluding steroid dienone is 2. The van der Waals surface area contributed by atoms with Gasteiger partial charge in [-0.25, -0.2) is 0 Å². The van der Waals surface area contributed by atoms with E-state index in [1.165, 1.54) is 0 Å². The molecule has 6 rings (SSSR count). The maximum atomic E-state index is 13.9. The summed E-state index contributed by atoms with van der Waals surface area (Å²) >= 11 is 0. The minimum absolute atomic E-state index is 0.103. The Morgan fingerprint density at radius 3 is 1.73 bits per heavy atom.